The number of aromatic nitrogens is 4. The minimum atomic E-state index is -4.58. The molecule has 12 heteroatoms. The Balaban J connectivity index is 2.05. The zero-order valence-corrected chi connectivity index (χ0v) is 15.7. The number of rotatable bonds is 4. The first-order valence-corrected chi connectivity index (χ1v) is 8.43. The number of nitrogens with two attached hydrogens (primary N) is 1. The zero-order valence-electron chi connectivity index (χ0n) is 15.7. The van der Waals surface area contributed by atoms with Crippen molar-refractivity contribution < 1.29 is 22.8 Å². The number of halogens is 3. The Morgan fingerprint density at radius 3 is 2.50 bits per heavy atom. The van der Waals surface area contributed by atoms with Crippen molar-refractivity contribution in [2.24, 2.45) is 5.73 Å². The number of primary amides is 1. The van der Waals surface area contributed by atoms with Crippen molar-refractivity contribution in [3.05, 3.63) is 68.9 Å². The number of H-pyrrole nitrogens is 1. The first kappa shape index (κ1) is 20.8. The van der Waals surface area contributed by atoms with Crippen LogP contribution in [0.3, 0.4) is 0 Å². The van der Waals surface area contributed by atoms with Crippen molar-refractivity contribution in [2.45, 2.75) is 20.0 Å². The smallest absolute Gasteiger partial charge is 0.364 e. The van der Waals surface area contributed by atoms with Gasteiger partial charge in [0.1, 0.15) is 0 Å². The molecule has 3 aromatic rings. The quantitative estimate of drug-likeness (QED) is 0.593. The standard InChI is InChI=1S/C18H15F3N6O3/c1-8-6-12(28)14(17(30)23-13-9(2)24-25-15(13)16(22)29)26-27(8)11-5-3-4-10(7-11)18(19,20)21/h3-7H,1-2H3,(H2,22,29)(H,23,30)(H,24,25). The lowest BCUT2D eigenvalue weighted by Crippen LogP contribution is -2.28. The summed E-state index contributed by atoms with van der Waals surface area (Å²) in [5.41, 5.74) is 3.20. The number of amides is 2. The summed E-state index contributed by atoms with van der Waals surface area (Å²) >= 11 is 0. The highest BCUT2D eigenvalue weighted by atomic mass is 19.4. The summed E-state index contributed by atoms with van der Waals surface area (Å²) in [6.07, 6.45) is -4.58. The van der Waals surface area contributed by atoms with E-state index in [0.717, 1.165) is 22.9 Å². The molecule has 0 aliphatic heterocycles. The average molecular weight is 420 g/mol. The topological polar surface area (TPSA) is 136 Å². The molecule has 9 nitrogen and oxygen atoms in total. The molecule has 2 amide bonds. The van der Waals surface area contributed by atoms with Gasteiger partial charge in [0.25, 0.3) is 11.8 Å². The van der Waals surface area contributed by atoms with E-state index in [1.807, 2.05) is 0 Å². The van der Waals surface area contributed by atoms with Crippen molar-refractivity contribution in [1.29, 1.82) is 0 Å². The van der Waals surface area contributed by atoms with Gasteiger partial charge in [-0.05, 0) is 32.0 Å². The monoisotopic (exact) mass is 420 g/mol. The maximum absolute atomic E-state index is 13.0. The van der Waals surface area contributed by atoms with Crippen LogP contribution in [0, 0.1) is 13.8 Å². The molecule has 0 saturated heterocycles. The van der Waals surface area contributed by atoms with Crippen molar-refractivity contribution >= 4 is 17.5 Å². The summed E-state index contributed by atoms with van der Waals surface area (Å²) in [5.74, 6) is -1.89. The summed E-state index contributed by atoms with van der Waals surface area (Å²) in [4.78, 5) is 36.3. The van der Waals surface area contributed by atoms with Crippen LogP contribution in [0.1, 0.15) is 37.9 Å². The fourth-order valence-corrected chi connectivity index (χ4v) is 2.71. The maximum atomic E-state index is 13.0. The third kappa shape index (κ3) is 3.92. The molecule has 30 heavy (non-hydrogen) atoms. The van der Waals surface area contributed by atoms with Crippen LogP contribution in [0.25, 0.3) is 5.69 Å². The van der Waals surface area contributed by atoms with Crippen LogP contribution < -0.4 is 16.5 Å². The van der Waals surface area contributed by atoms with Gasteiger partial charge in [-0.1, -0.05) is 6.07 Å². The lowest BCUT2D eigenvalue weighted by molar-refractivity contribution is -0.137. The molecule has 0 spiro atoms. The van der Waals surface area contributed by atoms with Gasteiger partial charge in [-0.25, -0.2) is 4.68 Å². The van der Waals surface area contributed by atoms with Crippen molar-refractivity contribution in [1.82, 2.24) is 20.0 Å². The minimum Gasteiger partial charge on any atom is -0.364 e. The first-order valence-electron chi connectivity index (χ1n) is 8.43. The number of anilines is 1. The Labute approximate surface area is 166 Å². The minimum absolute atomic E-state index is 0.00805. The van der Waals surface area contributed by atoms with Gasteiger partial charge in [0, 0.05) is 11.8 Å². The molecule has 156 valence electrons. The van der Waals surface area contributed by atoms with Crippen molar-refractivity contribution in [2.75, 3.05) is 5.32 Å². The normalized spacial score (nSPS) is 11.4. The second kappa shape index (κ2) is 7.46. The van der Waals surface area contributed by atoms with Crippen molar-refractivity contribution in [3.8, 4) is 5.69 Å². The second-order valence-electron chi connectivity index (χ2n) is 6.35. The number of aryl methyl sites for hydroxylation is 2. The van der Waals surface area contributed by atoms with Gasteiger partial charge in [-0.3, -0.25) is 19.5 Å². The van der Waals surface area contributed by atoms with Crippen LogP contribution in [-0.2, 0) is 6.18 Å². The second-order valence-corrected chi connectivity index (χ2v) is 6.35. The number of nitrogens with one attached hydrogen (secondary N) is 2. The zero-order chi connectivity index (χ0) is 22.2. The fraction of sp³-hybridized carbons (Fsp3) is 0.167. The molecular weight excluding hydrogens is 405 g/mol. The van der Waals surface area contributed by atoms with Gasteiger partial charge in [0.05, 0.1) is 22.6 Å². The molecule has 4 N–H and O–H groups in total. The summed E-state index contributed by atoms with van der Waals surface area (Å²) < 4.78 is 40.1. The SMILES string of the molecule is Cc1[nH]nc(C(N)=O)c1NC(=O)c1nn(-c2cccc(C(F)(F)F)c2)c(C)cc1=O. The number of hydrogen-bond acceptors (Lipinski definition) is 5. The van der Waals surface area contributed by atoms with Gasteiger partial charge in [0.2, 0.25) is 5.43 Å². The third-order valence-electron chi connectivity index (χ3n) is 4.16. The Hall–Kier alpha value is -3.96. The maximum Gasteiger partial charge on any atom is 0.416 e. The lowest BCUT2D eigenvalue weighted by Gasteiger charge is -2.13. The largest absolute Gasteiger partial charge is 0.416 e. The summed E-state index contributed by atoms with van der Waals surface area (Å²) in [5, 5.41) is 12.4. The lowest BCUT2D eigenvalue weighted by atomic mass is 10.2. The van der Waals surface area contributed by atoms with Crippen LogP contribution >= 0.6 is 0 Å². The number of nitrogens with zero attached hydrogens (tertiary/aromatic N) is 3. The van der Waals surface area contributed by atoms with Crippen LogP contribution in [0.15, 0.2) is 35.1 Å². The molecule has 2 aromatic heterocycles. The van der Waals surface area contributed by atoms with E-state index in [1.165, 1.54) is 26.0 Å². The number of alkyl halides is 3. The average Bonchev–Trinajstić information content (AvgIpc) is 3.02. The Morgan fingerprint density at radius 2 is 1.87 bits per heavy atom. The van der Waals surface area contributed by atoms with Crippen LogP contribution in [0.4, 0.5) is 18.9 Å². The third-order valence-corrected chi connectivity index (χ3v) is 4.16. The van der Waals surface area contributed by atoms with E-state index >= 15 is 0 Å². The van der Waals surface area contributed by atoms with E-state index in [9.17, 15) is 27.6 Å². The highest BCUT2D eigenvalue weighted by Gasteiger charge is 2.30. The number of carbonyl (C=O) groups excluding carboxylic acids is 2. The number of carbonyl (C=O) groups is 2. The molecule has 0 atom stereocenters. The van der Waals surface area contributed by atoms with Crippen molar-refractivity contribution in [3.63, 3.8) is 0 Å². The van der Waals surface area contributed by atoms with E-state index in [1.54, 1.807) is 0 Å². The van der Waals surface area contributed by atoms with Gasteiger partial charge < -0.3 is 11.1 Å². The van der Waals surface area contributed by atoms with E-state index in [2.05, 4.69) is 20.6 Å². The first-order chi connectivity index (χ1) is 14.0. The molecule has 1 aromatic carbocycles. The highest BCUT2D eigenvalue weighted by molar-refractivity contribution is 6.07. The number of aromatic amines is 1. The van der Waals surface area contributed by atoms with E-state index in [0.29, 0.717) is 5.69 Å². The van der Waals surface area contributed by atoms with Crippen LogP contribution in [-0.4, -0.2) is 31.8 Å². The fourth-order valence-electron chi connectivity index (χ4n) is 2.71. The van der Waals surface area contributed by atoms with Gasteiger partial charge in [-0.2, -0.15) is 23.4 Å². The molecule has 2 heterocycles. The summed E-state index contributed by atoms with van der Waals surface area (Å²) in [6.45, 7) is 2.97. The molecular formula is C18H15F3N6O3. The molecule has 0 fully saturated rings. The van der Waals surface area contributed by atoms with Gasteiger partial charge in [-0.15, -0.1) is 0 Å². The number of hydrogen-bond donors (Lipinski definition) is 3. The molecule has 3 rings (SSSR count). The van der Waals surface area contributed by atoms with Gasteiger partial charge in [0.15, 0.2) is 11.4 Å². The molecule has 0 radical (unpaired) electrons. The Morgan fingerprint density at radius 1 is 1.17 bits per heavy atom. The predicted octanol–water partition coefficient (Wildman–Crippen LogP) is 1.94. The highest BCUT2D eigenvalue weighted by Crippen LogP contribution is 2.30. The number of benzene rings is 1. The predicted molar refractivity (Wildman–Crippen MR) is 99.4 cm³/mol. The van der Waals surface area contributed by atoms with Gasteiger partial charge >= 0.3 is 6.18 Å². The van der Waals surface area contributed by atoms with Crippen LogP contribution in [0.5, 0.6) is 0 Å². The van der Waals surface area contributed by atoms with Crippen LogP contribution in [0.2, 0.25) is 0 Å². The summed E-state index contributed by atoms with van der Waals surface area (Å²) in [6, 6.07) is 5.34. The molecule has 0 unspecified atom stereocenters. The molecule has 0 aliphatic carbocycles. The molecule has 0 aliphatic rings. The Kier molecular flexibility index (Phi) is 5.16. The molecule has 0 saturated carbocycles. The van der Waals surface area contributed by atoms with E-state index < -0.39 is 34.7 Å². The van der Waals surface area contributed by atoms with E-state index in [-0.39, 0.29) is 22.8 Å². The summed E-state index contributed by atoms with van der Waals surface area (Å²) in [7, 11) is 0. The van der Waals surface area contributed by atoms with E-state index in [4.69, 9.17) is 5.73 Å². The molecule has 0 bridgehead atoms. The Bertz CT molecular complexity index is 1210.